The minimum atomic E-state index is -4.01. The van der Waals surface area contributed by atoms with Crippen LogP contribution in [0.4, 0.5) is 16.2 Å². The predicted molar refractivity (Wildman–Crippen MR) is 110 cm³/mol. The Bertz CT molecular complexity index is 997. The Balaban J connectivity index is 2.04. The average Bonchev–Trinajstić information content (AvgIpc) is 3.24. The maximum atomic E-state index is 13.0. The average molecular weight is 460 g/mol. The summed E-state index contributed by atoms with van der Waals surface area (Å²) < 4.78 is 33.9. The topological polar surface area (TPSA) is 108 Å². The van der Waals surface area contributed by atoms with Gasteiger partial charge in [0.15, 0.2) is 0 Å². The number of anilines is 2. The first kappa shape index (κ1) is 21.8. The SMILES string of the molecule is O=C(NO)N(c1ccccc1S(=O)(=O)NC[C@@H]1CCCO1)c1cccc(Cl)c1Cl. The van der Waals surface area contributed by atoms with Crippen molar-refractivity contribution in [2.45, 2.75) is 23.8 Å². The van der Waals surface area contributed by atoms with Gasteiger partial charge in [-0.1, -0.05) is 41.4 Å². The minimum Gasteiger partial charge on any atom is -0.377 e. The number of benzene rings is 2. The smallest absolute Gasteiger partial charge is 0.350 e. The second-order valence-electron chi connectivity index (χ2n) is 6.28. The number of nitrogens with zero attached hydrogens (tertiary/aromatic N) is 1. The highest BCUT2D eigenvalue weighted by atomic mass is 35.5. The third kappa shape index (κ3) is 4.82. The summed E-state index contributed by atoms with van der Waals surface area (Å²) in [4.78, 5) is 13.2. The van der Waals surface area contributed by atoms with Gasteiger partial charge in [0.1, 0.15) is 4.90 Å². The molecule has 0 unspecified atom stereocenters. The zero-order valence-corrected chi connectivity index (χ0v) is 17.5. The molecule has 0 bridgehead atoms. The van der Waals surface area contributed by atoms with Gasteiger partial charge in [-0.2, -0.15) is 0 Å². The number of rotatable bonds is 6. The van der Waals surface area contributed by atoms with E-state index in [2.05, 4.69) is 4.72 Å². The van der Waals surface area contributed by atoms with E-state index in [9.17, 15) is 18.4 Å². The van der Waals surface area contributed by atoms with Crippen molar-refractivity contribution in [3.05, 3.63) is 52.5 Å². The lowest BCUT2D eigenvalue weighted by molar-refractivity contribution is 0.114. The monoisotopic (exact) mass is 459 g/mol. The molecule has 1 aliphatic rings. The molecular weight excluding hydrogens is 441 g/mol. The van der Waals surface area contributed by atoms with E-state index in [1.54, 1.807) is 12.1 Å². The third-order valence-corrected chi connectivity index (χ3v) is 6.67. The molecule has 0 spiro atoms. The second-order valence-corrected chi connectivity index (χ2v) is 8.80. The largest absolute Gasteiger partial charge is 0.377 e. The van der Waals surface area contributed by atoms with Crippen molar-refractivity contribution in [1.82, 2.24) is 10.2 Å². The Labute approximate surface area is 178 Å². The van der Waals surface area contributed by atoms with Crippen LogP contribution in [0.5, 0.6) is 0 Å². The maximum absolute atomic E-state index is 13.0. The van der Waals surface area contributed by atoms with Crippen molar-refractivity contribution in [3.8, 4) is 0 Å². The highest BCUT2D eigenvalue weighted by Crippen LogP contribution is 2.38. The van der Waals surface area contributed by atoms with Crippen molar-refractivity contribution in [3.63, 3.8) is 0 Å². The molecule has 1 heterocycles. The third-order valence-electron chi connectivity index (χ3n) is 4.39. The number of para-hydroxylation sites is 1. The molecule has 1 saturated heterocycles. The molecule has 3 N–H and O–H groups in total. The Morgan fingerprint density at radius 2 is 1.90 bits per heavy atom. The number of hydroxylamine groups is 1. The van der Waals surface area contributed by atoms with Gasteiger partial charge < -0.3 is 4.74 Å². The molecule has 11 heteroatoms. The Kier molecular flexibility index (Phi) is 6.99. The molecule has 1 atom stereocenters. The summed E-state index contributed by atoms with van der Waals surface area (Å²) in [7, 11) is -4.01. The summed E-state index contributed by atoms with van der Waals surface area (Å²) in [5.41, 5.74) is 1.61. The van der Waals surface area contributed by atoms with Crippen LogP contribution in [0, 0.1) is 0 Å². The number of urea groups is 1. The quantitative estimate of drug-likeness (QED) is 0.450. The molecule has 2 aromatic rings. The van der Waals surface area contributed by atoms with Crippen molar-refractivity contribution < 1.29 is 23.2 Å². The van der Waals surface area contributed by atoms with Crippen LogP contribution in [0.25, 0.3) is 0 Å². The molecule has 156 valence electrons. The first-order valence-corrected chi connectivity index (χ1v) is 11.0. The fourth-order valence-electron chi connectivity index (χ4n) is 3.02. The number of sulfonamides is 1. The molecule has 8 nitrogen and oxygen atoms in total. The van der Waals surface area contributed by atoms with Gasteiger partial charge in [-0.15, -0.1) is 0 Å². The number of hydrogen-bond acceptors (Lipinski definition) is 5. The molecular formula is C18H19Cl2N3O5S. The van der Waals surface area contributed by atoms with Crippen LogP contribution in [0.3, 0.4) is 0 Å². The second kappa shape index (κ2) is 9.29. The number of halogens is 2. The van der Waals surface area contributed by atoms with Gasteiger partial charge in [-0.05, 0) is 37.1 Å². The summed E-state index contributed by atoms with van der Waals surface area (Å²) >= 11 is 12.3. The zero-order valence-electron chi connectivity index (χ0n) is 15.1. The van der Waals surface area contributed by atoms with E-state index in [0.29, 0.717) is 6.61 Å². The van der Waals surface area contributed by atoms with Gasteiger partial charge in [0.2, 0.25) is 10.0 Å². The van der Waals surface area contributed by atoms with E-state index in [1.165, 1.54) is 35.8 Å². The lowest BCUT2D eigenvalue weighted by Gasteiger charge is -2.25. The van der Waals surface area contributed by atoms with Crippen molar-refractivity contribution in [2.75, 3.05) is 18.1 Å². The van der Waals surface area contributed by atoms with Crippen LogP contribution >= 0.6 is 23.2 Å². The predicted octanol–water partition coefficient (Wildman–Crippen LogP) is 3.69. The van der Waals surface area contributed by atoms with Gasteiger partial charge in [-0.25, -0.2) is 23.4 Å². The van der Waals surface area contributed by atoms with Crippen LogP contribution in [0.2, 0.25) is 10.0 Å². The fourth-order valence-corrected chi connectivity index (χ4v) is 4.65. The standard InChI is InChI=1S/C18H19Cl2N3O5S/c19-13-6-3-8-15(17(13)20)23(18(24)22-25)14-7-1-2-9-16(14)29(26,27)21-11-12-5-4-10-28-12/h1-3,6-9,12,21,25H,4-5,10-11H2,(H,22,24)/t12-/m0/s1. The molecule has 2 amide bonds. The van der Waals surface area contributed by atoms with Crippen LogP contribution in [-0.4, -0.2) is 38.9 Å². The molecule has 0 saturated carbocycles. The molecule has 1 fully saturated rings. The maximum Gasteiger partial charge on any atom is 0.350 e. The summed E-state index contributed by atoms with van der Waals surface area (Å²) in [5, 5.41) is 9.42. The lowest BCUT2D eigenvalue weighted by atomic mass is 10.2. The van der Waals surface area contributed by atoms with Gasteiger partial charge in [0.05, 0.1) is 27.5 Å². The lowest BCUT2D eigenvalue weighted by Crippen LogP contribution is -2.37. The highest BCUT2D eigenvalue weighted by Gasteiger charge is 2.29. The molecule has 3 rings (SSSR count). The van der Waals surface area contributed by atoms with Crippen LogP contribution in [0.15, 0.2) is 47.4 Å². The van der Waals surface area contributed by atoms with E-state index in [-0.39, 0.29) is 39.0 Å². The number of ether oxygens (including phenoxy) is 1. The molecule has 0 aliphatic carbocycles. The normalized spacial score (nSPS) is 16.6. The van der Waals surface area contributed by atoms with Gasteiger partial charge in [0.25, 0.3) is 0 Å². The zero-order chi connectivity index (χ0) is 21.0. The Hall–Kier alpha value is -1.88. The van der Waals surface area contributed by atoms with Crippen LogP contribution < -0.4 is 15.1 Å². The first-order chi connectivity index (χ1) is 13.8. The van der Waals surface area contributed by atoms with Crippen LogP contribution in [-0.2, 0) is 14.8 Å². The number of nitrogens with one attached hydrogen (secondary N) is 2. The highest BCUT2D eigenvalue weighted by molar-refractivity contribution is 7.89. The molecule has 2 aromatic carbocycles. The number of carbonyl (C=O) groups is 1. The molecule has 0 aromatic heterocycles. The molecule has 1 aliphatic heterocycles. The van der Waals surface area contributed by atoms with Gasteiger partial charge in [0, 0.05) is 13.2 Å². The van der Waals surface area contributed by atoms with E-state index in [0.717, 1.165) is 17.7 Å². The fraction of sp³-hybridized carbons (Fsp3) is 0.278. The van der Waals surface area contributed by atoms with Crippen molar-refractivity contribution >= 4 is 50.6 Å². The van der Waals surface area contributed by atoms with Gasteiger partial charge >= 0.3 is 6.03 Å². The van der Waals surface area contributed by atoms with Crippen LogP contribution in [0.1, 0.15) is 12.8 Å². The Morgan fingerprint density at radius 3 is 2.59 bits per heavy atom. The summed E-state index contributed by atoms with van der Waals surface area (Å²) in [6.45, 7) is 0.710. The summed E-state index contributed by atoms with van der Waals surface area (Å²) in [6.07, 6.45) is 1.44. The number of carbonyl (C=O) groups excluding carboxylic acids is 1. The minimum absolute atomic E-state index is 0.0111. The summed E-state index contributed by atoms with van der Waals surface area (Å²) in [5.74, 6) is 0. The van der Waals surface area contributed by atoms with Crippen molar-refractivity contribution in [1.29, 1.82) is 0 Å². The van der Waals surface area contributed by atoms with E-state index >= 15 is 0 Å². The van der Waals surface area contributed by atoms with E-state index in [4.69, 9.17) is 27.9 Å². The molecule has 0 radical (unpaired) electrons. The van der Waals surface area contributed by atoms with Gasteiger partial charge in [-0.3, -0.25) is 10.1 Å². The summed E-state index contributed by atoms with van der Waals surface area (Å²) in [6, 6.07) is 9.41. The Morgan fingerprint density at radius 1 is 1.17 bits per heavy atom. The number of amides is 2. The van der Waals surface area contributed by atoms with E-state index < -0.39 is 16.1 Å². The first-order valence-electron chi connectivity index (χ1n) is 8.73. The van der Waals surface area contributed by atoms with Crippen molar-refractivity contribution in [2.24, 2.45) is 0 Å². The van der Waals surface area contributed by atoms with E-state index in [1.807, 2.05) is 0 Å². The molecule has 29 heavy (non-hydrogen) atoms. The number of hydrogen-bond donors (Lipinski definition) is 3.